The predicted octanol–water partition coefficient (Wildman–Crippen LogP) is 2.17. The van der Waals surface area contributed by atoms with Gasteiger partial charge >= 0.3 is 0 Å². The van der Waals surface area contributed by atoms with E-state index in [1.165, 1.54) is 0 Å². The molecule has 3 nitrogen and oxygen atoms in total. The highest BCUT2D eigenvalue weighted by Crippen LogP contribution is 2.21. The van der Waals surface area contributed by atoms with Crippen LogP contribution < -0.4 is 10.5 Å². The second-order valence-electron chi connectivity index (χ2n) is 4.18. The number of ether oxygens (including phenoxy) is 1. The van der Waals surface area contributed by atoms with Gasteiger partial charge in [0.05, 0.1) is 6.54 Å². The summed E-state index contributed by atoms with van der Waals surface area (Å²) in [5, 5.41) is 11.0. The van der Waals surface area contributed by atoms with Crippen molar-refractivity contribution < 1.29 is 9.84 Å². The maximum absolute atomic E-state index is 9.04. The highest BCUT2D eigenvalue weighted by atomic mass is 32.1. The Morgan fingerprint density at radius 2 is 2.15 bits per heavy atom. The molecular weight excluding hydrogens is 270 g/mol. The number of para-hydroxylation sites is 1. The standard InChI is InChI=1S/C16H17NO2S/c17-8-3-4-13-10-15(20-12-13)11-19-16-6-2-1-5-14(16)7-9-18/h1-2,5-6,10,12,18H,7-9,11,17H2. The molecule has 0 saturated carbocycles. The van der Waals surface area contributed by atoms with Crippen LogP contribution in [0.25, 0.3) is 0 Å². The van der Waals surface area contributed by atoms with E-state index < -0.39 is 0 Å². The molecule has 0 aliphatic rings. The Morgan fingerprint density at radius 3 is 2.95 bits per heavy atom. The van der Waals surface area contributed by atoms with Crippen molar-refractivity contribution >= 4 is 11.3 Å². The van der Waals surface area contributed by atoms with Gasteiger partial charge in [0.1, 0.15) is 12.4 Å². The van der Waals surface area contributed by atoms with E-state index in [4.69, 9.17) is 15.6 Å². The molecule has 0 spiro atoms. The van der Waals surface area contributed by atoms with Crippen LogP contribution in [-0.2, 0) is 13.0 Å². The molecule has 2 aromatic rings. The third-order valence-corrected chi connectivity index (χ3v) is 3.62. The van der Waals surface area contributed by atoms with Gasteiger partial charge in [0.2, 0.25) is 0 Å². The lowest BCUT2D eigenvalue weighted by molar-refractivity contribution is 0.285. The van der Waals surface area contributed by atoms with E-state index in [0.717, 1.165) is 21.8 Å². The smallest absolute Gasteiger partial charge is 0.123 e. The molecule has 0 radical (unpaired) electrons. The molecule has 0 aliphatic carbocycles. The molecule has 0 bridgehead atoms. The van der Waals surface area contributed by atoms with Gasteiger partial charge in [-0.3, -0.25) is 0 Å². The molecule has 0 atom stereocenters. The number of thiophene rings is 1. The lowest BCUT2D eigenvalue weighted by Crippen LogP contribution is -1.99. The van der Waals surface area contributed by atoms with Gasteiger partial charge in [-0.2, -0.15) is 0 Å². The van der Waals surface area contributed by atoms with Crippen LogP contribution in [0.4, 0.5) is 0 Å². The third-order valence-electron chi connectivity index (χ3n) is 2.71. The second-order valence-corrected chi connectivity index (χ2v) is 5.17. The molecule has 0 amide bonds. The summed E-state index contributed by atoms with van der Waals surface area (Å²) in [7, 11) is 0. The normalized spacial score (nSPS) is 9.90. The Kier molecular flexibility index (Phi) is 5.63. The molecule has 1 aromatic carbocycles. The Bertz CT molecular complexity index is 610. The van der Waals surface area contributed by atoms with Gasteiger partial charge in [-0.1, -0.05) is 30.0 Å². The zero-order valence-electron chi connectivity index (χ0n) is 11.1. The fourth-order valence-corrected chi connectivity index (χ4v) is 2.52. The minimum Gasteiger partial charge on any atom is -0.488 e. The van der Waals surface area contributed by atoms with Crippen molar-refractivity contribution in [1.29, 1.82) is 0 Å². The number of nitrogens with two attached hydrogens (primary N) is 1. The van der Waals surface area contributed by atoms with E-state index in [-0.39, 0.29) is 6.61 Å². The van der Waals surface area contributed by atoms with Crippen molar-refractivity contribution in [1.82, 2.24) is 0 Å². The Balaban J connectivity index is 2.00. The quantitative estimate of drug-likeness (QED) is 0.829. The fraction of sp³-hybridized carbons (Fsp3) is 0.250. The van der Waals surface area contributed by atoms with Crippen LogP contribution in [0.1, 0.15) is 16.0 Å². The molecule has 1 heterocycles. The molecule has 0 saturated heterocycles. The van der Waals surface area contributed by atoms with Crippen LogP contribution in [-0.4, -0.2) is 18.3 Å². The third kappa shape index (κ3) is 4.10. The van der Waals surface area contributed by atoms with Crippen LogP contribution in [0.5, 0.6) is 5.75 Å². The van der Waals surface area contributed by atoms with Crippen molar-refractivity contribution in [2.24, 2.45) is 5.73 Å². The number of hydrogen-bond acceptors (Lipinski definition) is 4. The van der Waals surface area contributed by atoms with Gasteiger partial charge in [-0.05, 0) is 24.1 Å². The van der Waals surface area contributed by atoms with Crippen molar-refractivity contribution in [3.8, 4) is 17.6 Å². The van der Waals surface area contributed by atoms with E-state index in [2.05, 4.69) is 11.8 Å². The second kappa shape index (κ2) is 7.71. The van der Waals surface area contributed by atoms with E-state index in [1.54, 1.807) is 11.3 Å². The van der Waals surface area contributed by atoms with E-state index in [1.807, 2.05) is 35.7 Å². The number of benzene rings is 1. The molecular formula is C16H17NO2S. The largest absolute Gasteiger partial charge is 0.488 e. The van der Waals surface area contributed by atoms with E-state index in [0.29, 0.717) is 19.6 Å². The Morgan fingerprint density at radius 1 is 1.30 bits per heavy atom. The van der Waals surface area contributed by atoms with Gasteiger partial charge in [0.15, 0.2) is 0 Å². The molecule has 0 fully saturated rings. The fourth-order valence-electron chi connectivity index (χ4n) is 1.80. The molecule has 2 rings (SSSR count). The number of aliphatic hydroxyl groups excluding tert-OH is 1. The number of aliphatic hydroxyl groups is 1. The van der Waals surface area contributed by atoms with Crippen molar-refractivity contribution in [2.75, 3.05) is 13.2 Å². The van der Waals surface area contributed by atoms with Crippen molar-refractivity contribution in [3.05, 3.63) is 51.7 Å². The van der Waals surface area contributed by atoms with Crippen LogP contribution in [0, 0.1) is 11.8 Å². The maximum Gasteiger partial charge on any atom is 0.123 e. The molecule has 4 heteroatoms. The molecule has 1 aromatic heterocycles. The molecule has 0 aliphatic heterocycles. The molecule has 104 valence electrons. The lowest BCUT2D eigenvalue weighted by Gasteiger charge is -2.09. The first-order valence-corrected chi connectivity index (χ1v) is 7.29. The van der Waals surface area contributed by atoms with Crippen LogP contribution in [0.3, 0.4) is 0 Å². The molecule has 3 N–H and O–H groups in total. The van der Waals surface area contributed by atoms with Gasteiger partial charge in [-0.15, -0.1) is 11.3 Å². The first kappa shape index (κ1) is 14.6. The summed E-state index contributed by atoms with van der Waals surface area (Å²) in [6.45, 7) is 1.01. The van der Waals surface area contributed by atoms with Crippen LogP contribution in [0.15, 0.2) is 35.7 Å². The average Bonchev–Trinajstić information content (AvgIpc) is 2.92. The summed E-state index contributed by atoms with van der Waals surface area (Å²) in [6.07, 6.45) is 0.605. The van der Waals surface area contributed by atoms with Crippen molar-refractivity contribution in [3.63, 3.8) is 0 Å². The van der Waals surface area contributed by atoms with E-state index >= 15 is 0 Å². The topological polar surface area (TPSA) is 55.5 Å². The highest BCUT2D eigenvalue weighted by molar-refractivity contribution is 7.10. The van der Waals surface area contributed by atoms with Gasteiger partial charge in [0, 0.05) is 22.4 Å². The predicted molar refractivity (Wildman–Crippen MR) is 81.8 cm³/mol. The summed E-state index contributed by atoms with van der Waals surface area (Å²) in [6, 6.07) is 9.79. The van der Waals surface area contributed by atoms with Crippen molar-refractivity contribution in [2.45, 2.75) is 13.0 Å². The summed E-state index contributed by atoms with van der Waals surface area (Å²) < 4.78 is 5.82. The van der Waals surface area contributed by atoms with Crippen LogP contribution >= 0.6 is 11.3 Å². The monoisotopic (exact) mass is 287 g/mol. The SMILES string of the molecule is NCC#Cc1csc(COc2ccccc2CCO)c1. The highest BCUT2D eigenvalue weighted by Gasteiger charge is 2.04. The van der Waals surface area contributed by atoms with Crippen LogP contribution in [0.2, 0.25) is 0 Å². The molecule has 0 unspecified atom stereocenters. The molecule has 20 heavy (non-hydrogen) atoms. The van der Waals surface area contributed by atoms with Gasteiger partial charge in [0.25, 0.3) is 0 Å². The summed E-state index contributed by atoms with van der Waals surface area (Å²) in [5.74, 6) is 6.66. The minimum absolute atomic E-state index is 0.123. The maximum atomic E-state index is 9.04. The minimum atomic E-state index is 0.123. The van der Waals surface area contributed by atoms with E-state index in [9.17, 15) is 0 Å². The summed E-state index contributed by atoms with van der Waals surface area (Å²) in [5.41, 5.74) is 7.35. The van der Waals surface area contributed by atoms with Gasteiger partial charge in [-0.25, -0.2) is 0 Å². The van der Waals surface area contributed by atoms with Gasteiger partial charge < -0.3 is 15.6 Å². The first-order chi connectivity index (χ1) is 9.83. The summed E-state index contributed by atoms with van der Waals surface area (Å²) >= 11 is 1.62. The average molecular weight is 287 g/mol. The lowest BCUT2D eigenvalue weighted by atomic mass is 10.1. The number of hydrogen-bond donors (Lipinski definition) is 2. The first-order valence-electron chi connectivity index (χ1n) is 6.41. The summed E-state index contributed by atoms with van der Waals surface area (Å²) in [4.78, 5) is 1.12. The Labute approximate surface area is 123 Å². The Hall–Kier alpha value is -1.80. The zero-order valence-corrected chi connectivity index (χ0v) is 12.0. The zero-order chi connectivity index (χ0) is 14.2. The number of rotatable bonds is 5.